The number of hydrogen-bond acceptors (Lipinski definition) is 11. The van der Waals surface area contributed by atoms with Crippen molar-refractivity contribution in [2.24, 2.45) is 30.7 Å². The van der Waals surface area contributed by atoms with Gasteiger partial charge in [-0.15, -0.1) is 10.2 Å². The van der Waals surface area contributed by atoms with E-state index >= 15 is 0 Å². The molecule has 0 aliphatic carbocycles. The Kier molecular flexibility index (Phi) is 10.9. The first-order valence-corrected chi connectivity index (χ1v) is 13.6. The molecule has 0 bridgehead atoms. The summed E-state index contributed by atoms with van der Waals surface area (Å²) >= 11 is 0. The average molecular weight is 638 g/mol. The SMILES string of the molecule is Cc1cc(N=Nc2ccc(-c3ccc(N=Nc4ccc(O)c(C(=O)O)c4)cc3)cc2)c(N)c(N=Nc2ccc(C(=O)O)cc2)c1N.[Na+]. The molecular weight excluding hydrogens is 611 g/mol. The van der Waals surface area contributed by atoms with Gasteiger partial charge in [-0.1, -0.05) is 24.3 Å². The van der Waals surface area contributed by atoms with Crippen LogP contribution in [0.5, 0.6) is 5.75 Å². The van der Waals surface area contributed by atoms with Crippen molar-refractivity contribution in [3.05, 3.63) is 114 Å². The Morgan fingerprint density at radius 1 is 0.574 bits per heavy atom. The molecule has 0 saturated heterocycles. The zero-order chi connectivity index (χ0) is 32.8. The average Bonchev–Trinajstić information content (AvgIpc) is 3.06. The third-order valence-electron chi connectivity index (χ3n) is 6.78. The first kappa shape index (κ1) is 34.1. The molecule has 0 amide bonds. The molecule has 228 valence electrons. The summed E-state index contributed by atoms with van der Waals surface area (Å²) in [4.78, 5) is 22.3. The Morgan fingerprint density at radius 3 is 1.57 bits per heavy atom. The number of benzene rings is 5. The van der Waals surface area contributed by atoms with Gasteiger partial charge in [-0.25, -0.2) is 9.59 Å². The van der Waals surface area contributed by atoms with E-state index in [9.17, 15) is 14.7 Å². The fraction of sp³-hybridized carbons (Fsp3) is 0.0303. The molecule has 0 aliphatic rings. The van der Waals surface area contributed by atoms with Crippen LogP contribution in [0.25, 0.3) is 11.1 Å². The van der Waals surface area contributed by atoms with Crippen molar-refractivity contribution in [1.29, 1.82) is 0 Å². The quantitative estimate of drug-likeness (QED) is 0.0716. The molecule has 0 unspecified atom stereocenters. The number of phenols is 1. The molecule has 5 aromatic rings. The van der Waals surface area contributed by atoms with E-state index in [0.29, 0.717) is 39.7 Å². The summed E-state index contributed by atoms with van der Waals surface area (Å²) in [7, 11) is 0. The van der Waals surface area contributed by atoms with E-state index in [1.54, 1.807) is 37.3 Å². The number of carboxylic acids is 2. The van der Waals surface area contributed by atoms with Crippen molar-refractivity contribution in [1.82, 2.24) is 0 Å². The van der Waals surface area contributed by atoms with E-state index in [0.717, 1.165) is 11.1 Å². The first-order chi connectivity index (χ1) is 22.1. The maximum atomic E-state index is 11.2. The Bertz CT molecular complexity index is 2030. The summed E-state index contributed by atoms with van der Waals surface area (Å²) in [6.45, 7) is 1.79. The van der Waals surface area contributed by atoms with E-state index in [2.05, 4.69) is 30.7 Å². The van der Waals surface area contributed by atoms with Gasteiger partial charge in [0.15, 0.2) is 0 Å². The van der Waals surface area contributed by atoms with Crippen LogP contribution in [0.1, 0.15) is 26.3 Å². The number of aromatic carboxylic acids is 2. The van der Waals surface area contributed by atoms with E-state index in [1.165, 1.54) is 42.5 Å². The largest absolute Gasteiger partial charge is 1.00 e. The molecule has 5 aromatic carbocycles. The minimum Gasteiger partial charge on any atom is -0.507 e. The molecular formula is C33H26N8NaO5+. The summed E-state index contributed by atoms with van der Waals surface area (Å²) in [5.41, 5.74) is 17.9. The van der Waals surface area contributed by atoms with Crippen LogP contribution in [0.3, 0.4) is 0 Å². The molecule has 14 heteroatoms. The number of aromatic hydroxyl groups is 1. The Balaban J connectivity index is 0.00000500. The number of carbonyl (C=O) groups is 2. The smallest absolute Gasteiger partial charge is 0.507 e. The van der Waals surface area contributed by atoms with E-state index < -0.39 is 11.9 Å². The third-order valence-corrected chi connectivity index (χ3v) is 6.78. The first-order valence-electron chi connectivity index (χ1n) is 13.6. The molecule has 0 fully saturated rings. The Morgan fingerprint density at radius 2 is 1.04 bits per heavy atom. The second-order valence-electron chi connectivity index (χ2n) is 9.94. The number of hydrogen-bond donors (Lipinski definition) is 5. The van der Waals surface area contributed by atoms with Gasteiger partial charge in [-0.05, 0) is 96.4 Å². The zero-order valence-corrected chi connectivity index (χ0v) is 27.2. The third kappa shape index (κ3) is 8.29. The van der Waals surface area contributed by atoms with Crippen LogP contribution in [0.15, 0.2) is 128 Å². The van der Waals surface area contributed by atoms with Gasteiger partial charge in [0.25, 0.3) is 0 Å². The molecule has 0 radical (unpaired) electrons. The number of nitrogens with two attached hydrogens (primary N) is 2. The predicted octanol–water partition coefficient (Wildman–Crippen LogP) is 6.18. The fourth-order valence-electron chi connectivity index (χ4n) is 4.21. The number of nitrogen functional groups attached to an aromatic ring is 2. The molecule has 0 atom stereocenters. The van der Waals surface area contributed by atoms with Gasteiger partial charge >= 0.3 is 41.5 Å². The fourth-order valence-corrected chi connectivity index (χ4v) is 4.21. The molecule has 5 rings (SSSR count). The number of rotatable bonds is 9. The van der Waals surface area contributed by atoms with E-state index in [-0.39, 0.29) is 57.8 Å². The minimum absolute atomic E-state index is 0. The second-order valence-corrected chi connectivity index (χ2v) is 9.94. The molecule has 0 heterocycles. The van der Waals surface area contributed by atoms with Crippen LogP contribution in [0.2, 0.25) is 0 Å². The molecule has 0 spiro atoms. The standard InChI is InChI=1S/C33H26N8O5.Na/c1-18-16-27(30(35)31(29(18)34)41-38-24-12-6-21(7-13-24)32(43)44)40-37-23-10-4-20(5-11-23)19-2-8-22(9-3-19)36-39-25-14-15-28(42)26(17-25)33(45)46;/h2-17,42H,34-35H2,1H3,(H,43,44)(H,45,46);/q;+1. The molecule has 0 aliphatic heterocycles. The van der Waals surface area contributed by atoms with Gasteiger partial charge in [-0.2, -0.15) is 20.5 Å². The molecule has 47 heavy (non-hydrogen) atoms. The van der Waals surface area contributed by atoms with Crippen LogP contribution in [-0.2, 0) is 0 Å². The number of aryl methyl sites for hydroxylation is 1. The van der Waals surface area contributed by atoms with Crippen LogP contribution >= 0.6 is 0 Å². The number of anilines is 2. The Labute approximate surface area is 290 Å². The summed E-state index contributed by atoms with van der Waals surface area (Å²) in [5.74, 6) is -2.64. The van der Waals surface area contributed by atoms with Gasteiger partial charge in [0.1, 0.15) is 22.7 Å². The minimum atomic E-state index is -1.26. The van der Waals surface area contributed by atoms with Gasteiger partial charge in [0, 0.05) is 0 Å². The maximum Gasteiger partial charge on any atom is 1.00 e. The molecule has 13 nitrogen and oxygen atoms in total. The summed E-state index contributed by atoms with van der Waals surface area (Å²) in [5, 5.41) is 53.0. The second kappa shape index (κ2) is 15.0. The van der Waals surface area contributed by atoms with E-state index in [1.807, 2.05) is 24.3 Å². The molecule has 0 saturated carbocycles. The summed E-state index contributed by atoms with van der Waals surface area (Å²) < 4.78 is 0. The topological polar surface area (TPSA) is 221 Å². The van der Waals surface area contributed by atoms with Crippen LogP contribution in [-0.4, -0.2) is 27.3 Å². The van der Waals surface area contributed by atoms with Crippen molar-refractivity contribution in [2.45, 2.75) is 6.92 Å². The zero-order valence-electron chi connectivity index (χ0n) is 25.2. The van der Waals surface area contributed by atoms with Crippen LogP contribution in [0, 0.1) is 6.92 Å². The normalized spacial score (nSPS) is 11.3. The van der Waals surface area contributed by atoms with Gasteiger partial charge < -0.3 is 26.8 Å². The van der Waals surface area contributed by atoms with Crippen molar-refractivity contribution in [3.63, 3.8) is 0 Å². The monoisotopic (exact) mass is 637 g/mol. The van der Waals surface area contributed by atoms with Gasteiger partial charge in [0.05, 0.1) is 39.7 Å². The van der Waals surface area contributed by atoms with Crippen molar-refractivity contribution < 1.29 is 54.5 Å². The molecule has 0 aromatic heterocycles. The summed E-state index contributed by atoms with van der Waals surface area (Å²) in [6, 6.07) is 26.3. The molecule has 7 N–H and O–H groups in total. The van der Waals surface area contributed by atoms with Crippen molar-refractivity contribution in [3.8, 4) is 16.9 Å². The number of azo groups is 3. The number of nitrogens with zero attached hydrogens (tertiary/aromatic N) is 6. The van der Waals surface area contributed by atoms with Crippen LogP contribution < -0.4 is 41.0 Å². The maximum absolute atomic E-state index is 11.2. The van der Waals surface area contributed by atoms with Crippen LogP contribution in [0.4, 0.5) is 45.5 Å². The van der Waals surface area contributed by atoms with Gasteiger partial charge in [-0.3, -0.25) is 0 Å². The summed E-state index contributed by atoms with van der Waals surface area (Å²) in [6.07, 6.45) is 0. The number of carboxylic acid groups (broad SMARTS) is 2. The van der Waals surface area contributed by atoms with Gasteiger partial charge in [0.2, 0.25) is 0 Å². The Hall–Kier alpha value is -5.76. The predicted molar refractivity (Wildman–Crippen MR) is 173 cm³/mol. The van der Waals surface area contributed by atoms with Crippen molar-refractivity contribution in [2.75, 3.05) is 11.5 Å². The van der Waals surface area contributed by atoms with E-state index in [4.69, 9.17) is 21.7 Å². The van der Waals surface area contributed by atoms with Crippen molar-refractivity contribution >= 4 is 57.4 Å².